The lowest BCUT2D eigenvalue weighted by Gasteiger charge is -2.18. The summed E-state index contributed by atoms with van der Waals surface area (Å²) in [7, 11) is 1.64. The molecule has 0 aromatic rings. The Balaban J connectivity index is 2.48. The SMILES string of the molecule is CC(=O)OC1CCC(=O)N1C. The standard InChI is InChI=1S/C7H11NO3/c1-5(9)11-7-4-3-6(10)8(7)2/h7H,3-4H2,1-2H3. The molecule has 11 heavy (non-hydrogen) atoms. The Kier molecular flexibility index (Phi) is 2.12. The van der Waals surface area contributed by atoms with Gasteiger partial charge >= 0.3 is 5.97 Å². The fourth-order valence-electron chi connectivity index (χ4n) is 1.11. The zero-order valence-electron chi connectivity index (χ0n) is 6.66. The third kappa shape index (κ3) is 1.69. The molecule has 0 spiro atoms. The van der Waals surface area contributed by atoms with Crippen molar-refractivity contribution in [2.45, 2.75) is 26.0 Å². The molecule has 4 heteroatoms. The molecule has 1 fully saturated rings. The van der Waals surface area contributed by atoms with E-state index in [-0.39, 0.29) is 18.1 Å². The zero-order chi connectivity index (χ0) is 8.43. The minimum absolute atomic E-state index is 0.0382. The molecular weight excluding hydrogens is 146 g/mol. The van der Waals surface area contributed by atoms with Crippen molar-refractivity contribution in [2.24, 2.45) is 0 Å². The summed E-state index contributed by atoms with van der Waals surface area (Å²) < 4.78 is 4.86. The molecule has 1 rings (SSSR count). The number of likely N-dealkylation sites (tertiary alicyclic amines) is 1. The molecule has 0 aromatic heterocycles. The van der Waals surface area contributed by atoms with Crippen molar-refractivity contribution in [3.05, 3.63) is 0 Å². The lowest BCUT2D eigenvalue weighted by Crippen LogP contribution is -2.32. The predicted molar refractivity (Wildman–Crippen MR) is 37.6 cm³/mol. The Morgan fingerprint density at radius 1 is 1.73 bits per heavy atom. The second kappa shape index (κ2) is 2.90. The number of nitrogens with zero attached hydrogens (tertiary/aromatic N) is 1. The van der Waals surface area contributed by atoms with E-state index in [1.54, 1.807) is 7.05 Å². The number of carbonyl (C=O) groups is 2. The van der Waals surface area contributed by atoms with Crippen molar-refractivity contribution in [1.29, 1.82) is 0 Å². The molecule has 0 N–H and O–H groups in total. The number of amides is 1. The molecule has 1 unspecified atom stereocenters. The maximum absolute atomic E-state index is 10.9. The van der Waals surface area contributed by atoms with Crippen molar-refractivity contribution in [3.8, 4) is 0 Å². The van der Waals surface area contributed by atoms with Crippen LogP contribution in [0.1, 0.15) is 19.8 Å². The highest BCUT2D eigenvalue weighted by atomic mass is 16.6. The smallest absolute Gasteiger partial charge is 0.304 e. The van der Waals surface area contributed by atoms with Crippen LogP contribution in [0.4, 0.5) is 0 Å². The topological polar surface area (TPSA) is 46.6 Å². The van der Waals surface area contributed by atoms with Crippen molar-refractivity contribution < 1.29 is 14.3 Å². The highest BCUT2D eigenvalue weighted by molar-refractivity contribution is 5.78. The summed E-state index contributed by atoms with van der Waals surface area (Å²) in [5, 5.41) is 0. The molecule has 1 heterocycles. The van der Waals surface area contributed by atoms with Gasteiger partial charge in [-0.15, -0.1) is 0 Å². The monoisotopic (exact) mass is 157 g/mol. The lowest BCUT2D eigenvalue weighted by atomic mass is 10.3. The molecule has 1 aliphatic heterocycles. The van der Waals surface area contributed by atoms with Crippen LogP contribution in [0, 0.1) is 0 Å². The van der Waals surface area contributed by atoms with Crippen LogP contribution in [0.25, 0.3) is 0 Å². The van der Waals surface area contributed by atoms with Crippen LogP contribution in [0.2, 0.25) is 0 Å². The highest BCUT2D eigenvalue weighted by Crippen LogP contribution is 2.16. The Labute approximate surface area is 65.1 Å². The van der Waals surface area contributed by atoms with E-state index in [0.29, 0.717) is 12.8 Å². The van der Waals surface area contributed by atoms with E-state index in [9.17, 15) is 9.59 Å². The average molecular weight is 157 g/mol. The minimum Gasteiger partial charge on any atom is -0.442 e. The molecule has 0 aromatic carbocycles. The maximum Gasteiger partial charge on any atom is 0.304 e. The summed E-state index contributed by atoms with van der Waals surface area (Å²) in [4.78, 5) is 22.9. The largest absolute Gasteiger partial charge is 0.442 e. The Hall–Kier alpha value is -1.06. The van der Waals surface area contributed by atoms with E-state index in [1.165, 1.54) is 11.8 Å². The molecule has 1 saturated heterocycles. The van der Waals surface area contributed by atoms with Crippen LogP contribution in [-0.4, -0.2) is 30.1 Å². The quantitative estimate of drug-likeness (QED) is 0.508. The van der Waals surface area contributed by atoms with E-state index in [2.05, 4.69) is 0 Å². The van der Waals surface area contributed by atoms with Gasteiger partial charge in [0.05, 0.1) is 0 Å². The van der Waals surface area contributed by atoms with Crippen LogP contribution in [0.5, 0.6) is 0 Å². The van der Waals surface area contributed by atoms with Gasteiger partial charge < -0.3 is 9.64 Å². The summed E-state index contributed by atoms with van der Waals surface area (Å²) in [5.41, 5.74) is 0. The van der Waals surface area contributed by atoms with Gasteiger partial charge in [-0.3, -0.25) is 9.59 Å². The zero-order valence-corrected chi connectivity index (χ0v) is 6.66. The Morgan fingerprint density at radius 2 is 2.36 bits per heavy atom. The van der Waals surface area contributed by atoms with E-state index < -0.39 is 0 Å². The van der Waals surface area contributed by atoms with Crippen molar-refractivity contribution in [2.75, 3.05) is 7.05 Å². The molecule has 0 aliphatic carbocycles. The van der Waals surface area contributed by atoms with E-state index in [1.807, 2.05) is 0 Å². The van der Waals surface area contributed by atoms with Crippen molar-refractivity contribution in [1.82, 2.24) is 4.90 Å². The van der Waals surface area contributed by atoms with Crippen LogP contribution in [0.3, 0.4) is 0 Å². The first-order valence-electron chi connectivity index (χ1n) is 3.54. The number of carbonyl (C=O) groups excluding carboxylic acids is 2. The number of ether oxygens (including phenoxy) is 1. The second-order valence-corrected chi connectivity index (χ2v) is 2.61. The maximum atomic E-state index is 10.9. The van der Waals surface area contributed by atoms with Gasteiger partial charge in [-0.1, -0.05) is 0 Å². The molecule has 1 aliphatic rings. The van der Waals surface area contributed by atoms with Crippen molar-refractivity contribution in [3.63, 3.8) is 0 Å². The number of rotatable bonds is 1. The minimum atomic E-state index is -0.337. The summed E-state index contributed by atoms with van der Waals surface area (Å²) >= 11 is 0. The third-order valence-electron chi connectivity index (χ3n) is 1.73. The fraction of sp³-hybridized carbons (Fsp3) is 0.714. The first kappa shape index (κ1) is 8.04. The van der Waals surface area contributed by atoms with Gasteiger partial charge in [-0.2, -0.15) is 0 Å². The summed E-state index contributed by atoms with van der Waals surface area (Å²) in [6, 6.07) is 0. The molecule has 0 radical (unpaired) electrons. The first-order valence-corrected chi connectivity index (χ1v) is 3.54. The van der Waals surface area contributed by atoms with Crippen LogP contribution in [-0.2, 0) is 14.3 Å². The molecule has 4 nitrogen and oxygen atoms in total. The number of hydrogen-bond acceptors (Lipinski definition) is 3. The summed E-state index contributed by atoms with van der Waals surface area (Å²) in [6.07, 6.45) is 0.767. The van der Waals surface area contributed by atoms with E-state index >= 15 is 0 Å². The molecule has 62 valence electrons. The number of esters is 1. The van der Waals surface area contributed by atoms with Gasteiger partial charge in [-0.25, -0.2) is 0 Å². The van der Waals surface area contributed by atoms with Gasteiger partial charge in [0.25, 0.3) is 0 Å². The molecule has 0 saturated carbocycles. The van der Waals surface area contributed by atoms with E-state index in [4.69, 9.17) is 4.74 Å². The molecule has 0 bridgehead atoms. The summed E-state index contributed by atoms with van der Waals surface area (Å²) in [6.45, 7) is 1.34. The first-order chi connectivity index (χ1) is 5.11. The third-order valence-corrected chi connectivity index (χ3v) is 1.73. The molecule has 1 atom stereocenters. The van der Waals surface area contributed by atoms with Crippen LogP contribution < -0.4 is 0 Å². The van der Waals surface area contributed by atoms with Gasteiger partial charge in [0.15, 0.2) is 6.23 Å². The van der Waals surface area contributed by atoms with Crippen molar-refractivity contribution >= 4 is 11.9 Å². The van der Waals surface area contributed by atoms with Gasteiger partial charge in [0.1, 0.15) is 0 Å². The average Bonchev–Trinajstić information content (AvgIpc) is 2.18. The Bertz CT molecular complexity index is 190. The Morgan fingerprint density at radius 3 is 2.73 bits per heavy atom. The predicted octanol–water partition coefficient (Wildman–Crippen LogP) is 0.128. The second-order valence-electron chi connectivity index (χ2n) is 2.61. The van der Waals surface area contributed by atoms with Gasteiger partial charge in [0.2, 0.25) is 5.91 Å². The summed E-state index contributed by atoms with van der Waals surface area (Å²) in [5.74, 6) is -0.298. The molecule has 1 amide bonds. The van der Waals surface area contributed by atoms with Gasteiger partial charge in [-0.05, 0) is 0 Å². The van der Waals surface area contributed by atoms with Crippen LogP contribution in [0.15, 0.2) is 0 Å². The van der Waals surface area contributed by atoms with Gasteiger partial charge in [0, 0.05) is 26.8 Å². The lowest BCUT2D eigenvalue weighted by molar-refractivity contribution is -0.155. The molecular formula is C7H11NO3. The normalized spacial score (nSPS) is 24.0. The highest BCUT2D eigenvalue weighted by Gasteiger charge is 2.29. The number of hydrogen-bond donors (Lipinski definition) is 0. The fourth-order valence-corrected chi connectivity index (χ4v) is 1.11. The van der Waals surface area contributed by atoms with Crippen LogP contribution >= 0.6 is 0 Å². The van der Waals surface area contributed by atoms with E-state index in [0.717, 1.165) is 0 Å².